The van der Waals surface area contributed by atoms with Crippen LogP contribution >= 0.6 is 0 Å². The van der Waals surface area contributed by atoms with E-state index in [0.717, 1.165) is 43.8 Å². The molecular weight excluding hydrogens is 577 g/mol. The van der Waals surface area contributed by atoms with Gasteiger partial charge in [0.25, 0.3) is 0 Å². The van der Waals surface area contributed by atoms with Crippen LogP contribution in [-0.2, 0) is 22.7 Å². The van der Waals surface area contributed by atoms with Crippen molar-refractivity contribution in [3.63, 3.8) is 0 Å². The Morgan fingerprint density at radius 1 is 0.628 bits per heavy atom. The summed E-state index contributed by atoms with van der Waals surface area (Å²) in [5, 5.41) is 0.561. The molecule has 0 fully saturated rings. The molecule has 0 aromatic heterocycles. The van der Waals surface area contributed by atoms with Crippen molar-refractivity contribution in [3.8, 4) is 11.5 Å². The van der Waals surface area contributed by atoms with Gasteiger partial charge in [-0.2, -0.15) is 0 Å². The van der Waals surface area contributed by atoms with Crippen molar-refractivity contribution in [2.75, 3.05) is 6.61 Å². The Kier molecular flexibility index (Phi) is 10.5. The zero-order valence-corrected chi connectivity index (χ0v) is 33.5. The van der Waals surface area contributed by atoms with E-state index in [-0.39, 0.29) is 20.5 Å². The van der Waals surface area contributed by atoms with Gasteiger partial charge >= 0.3 is 0 Å². The first-order valence-corrected chi connectivity index (χ1v) is 25.4. The Morgan fingerprint density at radius 3 is 1.63 bits per heavy atom. The van der Waals surface area contributed by atoms with Crippen LogP contribution in [-0.4, -0.2) is 31.6 Å². The van der Waals surface area contributed by atoms with Gasteiger partial charge in [-0.25, -0.2) is 0 Å². The Balaban J connectivity index is 1.96. The second-order valence-electron chi connectivity index (χ2n) is 17.8. The van der Waals surface area contributed by atoms with Crippen LogP contribution in [0, 0.1) is 0 Å². The van der Waals surface area contributed by atoms with E-state index in [1.807, 2.05) is 0 Å². The van der Waals surface area contributed by atoms with Crippen LogP contribution in [0.3, 0.4) is 0 Å². The molecule has 3 rings (SSSR count). The molecule has 0 aliphatic heterocycles. The maximum atomic E-state index is 6.81. The van der Waals surface area contributed by atoms with E-state index in [0.29, 0.717) is 0 Å². The molecule has 1 aliphatic rings. The lowest BCUT2D eigenvalue weighted by molar-refractivity contribution is 0.227. The van der Waals surface area contributed by atoms with Crippen molar-refractivity contribution in [1.29, 1.82) is 0 Å². The highest BCUT2D eigenvalue weighted by atomic mass is 28.4. The second-order valence-corrected chi connectivity index (χ2v) is 32.1. The van der Waals surface area contributed by atoms with Crippen LogP contribution in [0.5, 0.6) is 11.5 Å². The summed E-state index contributed by atoms with van der Waals surface area (Å²) >= 11 is 0. The summed E-state index contributed by atoms with van der Waals surface area (Å²) < 4.78 is 20.2. The molecule has 0 spiro atoms. The van der Waals surface area contributed by atoms with E-state index in [1.54, 1.807) is 0 Å². The first-order valence-electron chi connectivity index (χ1n) is 16.6. The molecule has 1 aliphatic carbocycles. The minimum absolute atomic E-state index is 0.0327. The molecule has 2 aromatic rings. The third-order valence-corrected chi connectivity index (χ3v) is 24.7. The molecule has 2 aromatic carbocycles. The maximum Gasteiger partial charge on any atom is 0.250 e. The normalized spacial score (nSPS) is 19.0. The summed E-state index contributed by atoms with van der Waals surface area (Å²) in [6.07, 6.45) is 5.49. The average molecular weight is 641 g/mol. The van der Waals surface area contributed by atoms with Crippen molar-refractivity contribution in [2.24, 2.45) is 0 Å². The van der Waals surface area contributed by atoms with Gasteiger partial charge in [-0.05, 0) is 127 Å². The third kappa shape index (κ3) is 8.47. The van der Waals surface area contributed by atoms with Gasteiger partial charge < -0.3 is 13.3 Å². The van der Waals surface area contributed by atoms with Crippen molar-refractivity contribution in [2.45, 2.75) is 154 Å². The Hall–Kier alpha value is -1.35. The summed E-state index contributed by atoms with van der Waals surface area (Å²) in [7, 11) is -5.62. The fraction of sp³-hybridized carbons (Fsp3) is 0.676. The molecular formula is C37H64O3Si3. The number of fused-ring (bicyclic) bond motifs is 1. The molecule has 0 saturated carbocycles. The largest absolute Gasteiger partial charge is 0.544 e. The number of aryl methyl sites for hydroxylation is 1. The molecule has 0 saturated heterocycles. The lowest BCUT2D eigenvalue weighted by atomic mass is 9.71. The summed E-state index contributed by atoms with van der Waals surface area (Å²) in [6, 6.07) is 16.1. The first kappa shape index (κ1) is 36.1. The monoisotopic (exact) mass is 640 g/mol. The fourth-order valence-electron chi connectivity index (χ4n) is 5.24. The molecule has 0 N–H and O–H groups in total. The van der Waals surface area contributed by atoms with Gasteiger partial charge in [-0.15, -0.1) is 0 Å². The van der Waals surface area contributed by atoms with Crippen molar-refractivity contribution >= 4 is 25.0 Å². The standard InChI is InChI=1S/C37H64O3Si3/c1-34(2,3)41(10,11)38-26-25-37(31-19-22-32(23-20-31)39-42(12,13)35(4,5)6)24-16-17-29-27-33(21-18-30(29)28-37)40-43(14,15)36(7,8)9/h18-23,27H,16-17,24-26,28H2,1-15H3. The fourth-order valence-corrected chi connectivity index (χ4v) is 8.33. The van der Waals surface area contributed by atoms with Crippen LogP contribution in [0.4, 0.5) is 0 Å². The Bertz CT molecular complexity index is 1230. The van der Waals surface area contributed by atoms with Crippen LogP contribution < -0.4 is 8.85 Å². The predicted molar refractivity (Wildman–Crippen MR) is 195 cm³/mol. The van der Waals surface area contributed by atoms with E-state index in [2.05, 4.69) is 144 Å². The maximum absolute atomic E-state index is 6.81. The van der Waals surface area contributed by atoms with E-state index in [9.17, 15) is 0 Å². The van der Waals surface area contributed by atoms with Crippen LogP contribution in [0.1, 0.15) is 98.3 Å². The summed E-state index contributed by atoms with van der Waals surface area (Å²) in [6.45, 7) is 35.7. The quantitative estimate of drug-likeness (QED) is 0.202. The van der Waals surface area contributed by atoms with Crippen LogP contribution in [0.2, 0.25) is 54.4 Å². The van der Waals surface area contributed by atoms with E-state index in [1.165, 1.54) is 23.1 Å². The lowest BCUT2D eigenvalue weighted by Gasteiger charge is -2.39. The molecule has 6 heteroatoms. The third-order valence-electron chi connectivity index (χ3n) is 11.5. The van der Waals surface area contributed by atoms with Gasteiger partial charge in [0, 0.05) is 12.0 Å². The summed E-state index contributed by atoms with van der Waals surface area (Å²) in [5.74, 6) is 2.05. The minimum Gasteiger partial charge on any atom is -0.544 e. The average Bonchev–Trinajstić information content (AvgIpc) is 3.01. The number of benzene rings is 2. The van der Waals surface area contributed by atoms with Crippen LogP contribution in [0.15, 0.2) is 42.5 Å². The van der Waals surface area contributed by atoms with E-state index >= 15 is 0 Å². The zero-order chi connectivity index (χ0) is 32.7. The molecule has 242 valence electrons. The molecule has 0 bridgehead atoms. The molecule has 3 nitrogen and oxygen atoms in total. The SMILES string of the molecule is CC(C)(C)[Si](C)(C)OCCC1(c2ccc(O[Si](C)(C)C(C)(C)C)cc2)CCCc2cc(O[Si](C)(C)C(C)(C)C)ccc2C1. The van der Waals surface area contributed by atoms with Crippen molar-refractivity contribution in [1.82, 2.24) is 0 Å². The Labute approximate surface area is 268 Å². The van der Waals surface area contributed by atoms with Crippen molar-refractivity contribution < 1.29 is 13.3 Å². The zero-order valence-electron chi connectivity index (χ0n) is 30.5. The number of rotatable bonds is 9. The molecule has 1 unspecified atom stereocenters. The lowest BCUT2D eigenvalue weighted by Crippen LogP contribution is -2.43. The van der Waals surface area contributed by atoms with Crippen LogP contribution in [0.25, 0.3) is 0 Å². The number of hydrogen-bond donors (Lipinski definition) is 0. The highest BCUT2D eigenvalue weighted by Crippen LogP contribution is 2.45. The highest BCUT2D eigenvalue weighted by molar-refractivity contribution is 6.75. The minimum atomic E-state index is -1.90. The molecule has 1 atom stereocenters. The van der Waals surface area contributed by atoms with Gasteiger partial charge in [-0.1, -0.05) is 80.5 Å². The number of hydrogen-bond acceptors (Lipinski definition) is 3. The molecule has 0 amide bonds. The summed E-state index contributed by atoms with van der Waals surface area (Å²) in [5.41, 5.74) is 4.38. The Morgan fingerprint density at radius 2 is 1.12 bits per heavy atom. The summed E-state index contributed by atoms with van der Waals surface area (Å²) in [4.78, 5) is 0. The molecule has 0 heterocycles. The van der Waals surface area contributed by atoms with Crippen molar-refractivity contribution in [3.05, 3.63) is 59.2 Å². The topological polar surface area (TPSA) is 27.7 Å². The molecule has 43 heavy (non-hydrogen) atoms. The predicted octanol–water partition coefficient (Wildman–Crippen LogP) is 11.7. The van der Waals surface area contributed by atoms with Gasteiger partial charge in [-0.3, -0.25) is 0 Å². The molecule has 0 radical (unpaired) electrons. The van der Waals surface area contributed by atoms with Gasteiger partial charge in [0.05, 0.1) is 0 Å². The van der Waals surface area contributed by atoms with E-state index in [4.69, 9.17) is 13.3 Å². The highest BCUT2D eigenvalue weighted by Gasteiger charge is 2.42. The smallest absolute Gasteiger partial charge is 0.250 e. The van der Waals surface area contributed by atoms with Gasteiger partial charge in [0.1, 0.15) is 11.5 Å². The second kappa shape index (κ2) is 12.4. The van der Waals surface area contributed by atoms with Gasteiger partial charge in [0.15, 0.2) is 8.32 Å². The first-order chi connectivity index (χ1) is 19.4. The van der Waals surface area contributed by atoms with Gasteiger partial charge in [0.2, 0.25) is 16.6 Å². The van der Waals surface area contributed by atoms with E-state index < -0.39 is 25.0 Å².